The summed E-state index contributed by atoms with van der Waals surface area (Å²) in [5.74, 6) is -10.2. The second-order valence-electron chi connectivity index (χ2n) is 20.2. The molecule has 2 saturated heterocycles. The van der Waals surface area contributed by atoms with Crippen LogP contribution in [0.3, 0.4) is 0 Å². The van der Waals surface area contributed by atoms with Crippen molar-refractivity contribution in [3.8, 4) is 11.5 Å². The van der Waals surface area contributed by atoms with Crippen LogP contribution in [0.15, 0.2) is 59.7 Å². The molecule has 3 aliphatic carbocycles. The molecule has 7 bridgehead atoms. The Morgan fingerprint density at radius 2 is 1.47 bits per heavy atom. The first kappa shape index (κ1) is 50.4. The topological polar surface area (TPSA) is 239 Å². The fraction of sp³-hybridized carbons (Fsp3) is 0.558. The second kappa shape index (κ2) is 19.3. The van der Waals surface area contributed by atoms with E-state index in [1.165, 1.54) is 58.1 Å². The van der Waals surface area contributed by atoms with Crippen molar-refractivity contribution in [1.29, 1.82) is 0 Å². The third kappa shape index (κ3) is 8.59. The van der Waals surface area contributed by atoms with Crippen molar-refractivity contribution in [2.24, 2.45) is 47.3 Å². The maximum atomic E-state index is 15.2. The van der Waals surface area contributed by atoms with Crippen LogP contribution in [0, 0.1) is 54.3 Å². The van der Waals surface area contributed by atoms with Crippen molar-refractivity contribution in [3.05, 3.63) is 81.9 Å². The van der Waals surface area contributed by atoms with Crippen molar-refractivity contribution in [2.75, 3.05) is 46.4 Å². The number of ketones is 3. The quantitative estimate of drug-likeness (QED) is 0.182. The molecule has 1 aromatic carbocycles. The van der Waals surface area contributed by atoms with Gasteiger partial charge in [0.15, 0.2) is 0 Å². The normalized spacial score (nSPS) is 34.8. The standard InChI is InChI=1S/C52H64N4O14/c1-24-11-10-12-25(2)49(64)53-39-40(55-19-16-54(17-20-55)18-21-56-50(65)34-31-13-14-32(23-31)35(34)51(56)66)45(62)36-37(44(39)61)43(60)29(6)47-38(36)48(63)52(8,70-47)68-22-15-33(67-9)26(3)46(69-30(7)57)28(5)42(59)27(4)41(24)58/h10-15,22,24,26-28,31-35,41-42,46,58-60H,16-21,23H2,1-9H3,(H,53,64). The number of esters is 1. The van der Waals surface area contributed by atoms with E-state index < -0.39 is 106 Å². The molecule has 18 nitrogen and oxygen atoms in total. The monoisotopic (exact) mass is 968 g/mol. The van der Waals surface area contributed by atoms with E-state index in [1.807, 2.05) is 17.1 Å². The van der Waals surface area contributed by atoms with Crippen LogP contribution in [0.2, 0.25) is 0 Å². The minimum atomic E-state index is -2.13. The number of aliphatic hydroxyl groups excluding tert-OH is 2. The molecule has 3 amide bonds. The molecular weight excluding hydrogens is 905 g/mol. The highest BCUT2D eigenvalue weighted by molar-refractivity contribution is 6.32. The molecule has 1 aromatic rings. The average molecular weight is 969 g/mol. The Balaban J connectivity index is 1.13. The van der Waals surface area contributed by atoms with E-state index in [9.17, 15) is 44.1 Å². The number of amides is 3. The number of carbonyl (C=O) groups is 7. The van der Waals surface area contributed by atoms with Gasteiger partial charge in [-0.15, -0.1) is 0 Å². The number of methoxy groups -OCH3 is 1. The minimum absolute atomic E-state index is 0.0257. The number of rotatable bonds is 6. The molecule has 8 aliphatic rings. The molecular formula is C52H64N4O14. The number of Topliss-reactive ketones (excluding diaryl/α,β-unsaturated/α-hetero) is 3. The molecule has 0 spiro atoms. The number of hydrogen-bond acceptors (Lipinski definition) is 16. The number of phenolic OH excluding ortho intramolecular Hbond substituents is 1. The smallest absolute Gasteiger partial charge is 0.312 e. The molecule has 3 fully saturated rings. The van der Waals surface area contributed by atoms with E-state index in [4.69, 9.17) is 18.9 Å². The fourth-order valence-corrected chi connectivity index (χ4v) is 11.6. The van der Waals surface area contributed by atoms with Crippen LogP contribution in [0.4, 0.5) is 0 Å². The first-order valence-electron chi connectivity index (χ1n) is 24.2. The summed E-state index contributed by atoms with van der Waals surface area (Å²) in [6.07, 6.45) is 8.22. The molecule has 70 heavy (non-hydrogen) atoms. The molecule has 5 heterocycles. The van der Waals surface area contributed by atoms with Crippen molar-refractivity contribution >= 4 is 41.0 Å². The highest BCUT2D eigenvalue weighted by Gasteiger charge is 2.59. The van der Waals surface area contributed by atoms with E-state index in [0.717, 1.165) is 6.42 Å². The zero-order valence-corrected chi connectivity index (χ0v) is 41.1. The Kier molecular flexibility index (Phi) is 13.9. The zero-order chi connectivity index (χ0) is 50.8. The SMILES string of the molecule is COC1C=COC2(C)Oc3c(C)c(O)c4c(c3C2=O)C(=O)C(N2CCN(CCN3C(=O)C5C6C=CC(C6)C5C3=O)CC2)=C(NC(=O)C(C)=CC=CC(C)C(O)C(C)C(O)C(C)C(OC(C)=O)C1C)C4=O. The molecule has 0 aromatic heterocycles. The number of nitrogens with one attached hydrogen (secondary N) is 1. The molecule has 4 N–H and O–H groups in total. The molecule has 0 radical (unpaired) electrons. The molecule has 13 atom stereocenters. The molecule has 9 rings (SSSR count). The Bertz CT molecular complexity index is 2520. The van der Waals surface area contributed by atoms with Crippen LogP contribution in [0.25, 0.3) is 0 Å². The van der Waals surface area contributed by atoms with Gasteiger partial charge in [0.2, 0.25) is 23.4 Å². The van der Waals surface area contributed by atoms with Gasteiger partial charge in [0, 0.05) is 95.0 Å². The number of piperazine rings is 1. The van der Waals surface area contributed by atoms with Gasteiger partial charge in [0.05, 0.1) is 53.1 Å². The van der Waals surface area contributed by atoms with Crippen molar-refractivity contribution < 1.29 is 67.8 Å². The number of carbonyl (C=O) groups excluding carboxylic acids is 7. The number of ether oxygens (including phenoxy) is 4. The molecule has 18 heteroatoms. The number of benzene rings is 1. The van der Waals surface area contributed by atoms with Gasteiger partial charge in [-0.2, -0.15) is 0 Å². The van der Waals surface area contributed by atoms with Crippen LogP contribution in [0.1, 0.15) is 91.5 Å². The summed E-state index contributed by atoms with van der Waals surface area (Å²) in [5, 5.41) is 37.4. The largest absolute Gasteiger partial charge is 0.507 e. The van der Waals surface area contributed by atoms with Crippen LogP contribution in [0.5, 0.6) is 11.5 Å². The van der Waals surface area contributed by atoms with Crippen LogP contribution < -0.4 is 10.1 Å². The Hall–Kier alpha value is -5.95. The number of imide groups is 1. The van der Waals surface area contributed by atoms with Gasteiger partial charge in [-0.05, 0) is 38.2 Å². The van der Waals surface area contributed by atoms with Gasteiger partial charge in [-0.1, -0.05) is 58.1 Å². The van der Waals surface area contributed by atoms with E-state index >= 15 is 4.79 Å². The summed E-state index contributed by atoms with van der Waals surface area (Å²) < 4.78 is 23.7. The van der Waals surface area contributed by atoms with E-state index in [0.29, 0.717) is 19.6 Å². The zero-order valence-electron chi connectivity index (χ0n) is 41.1. The Morgan fingerprint density at radius 1 is 0.829 bits per heavy atom. The number of likely N-dealkylation sites (tertiary alicyclic amines) is 1. The third-order valence-corrected chi connectivity index (χ3v) is 15.8. The second-order valence-corrected chi connectivity index (χ2v) is 20.2. The van der Waals surface area contributed by atoms with Crippen molar-refractivity contribution in [3.63, 3.8) is 0 Å². The predicted molar refractivity (Wildman–Crippen MR) is 251 cm³/mol. The maximum absolute atomic E-state index is 15.2. The summed E-state index contributed by atoms with van der Waals surface area (Å²) in [5.41, 5.74) is -1.70. The Labute approximate surface area is 407 Å². The summed E-state index contributed by atoms with van der Waals surface area (Å²) in [6, 6.07) is 0. The Morgan fingerprint density at radius 3 is 2.09 bits per heavy atom. The first-order valence-corrected chi connectivity index (χ1v) is 24.2. The number of fused-ring (bicyclic) bond motifs is 19. The summed E-state index contributed by atoms with van der Waals surface area (Å²) in [6.45, 7) is 14.0. The van der Waals surface area contributed by atoms with Crippen molar-refractivity contribution in [2.45, 2.75) is 92.0 Å². The van der Waals surface area contributed by atoms with Crippen molar-refractivity contribution in [1.82, 2.24) is 20.0 Å². The molecule has 1 saturated carbocycles. The predicted octanol–water partition coefficient (Wildman–Crippen LogP) is 3.38. The van der Waals surface area contributed by atoms with Gasteiger partial charge < -0.3 is 44.5 Å². The van der Waals surface area contributed by atoms with Gasteiger partial charge in [0.25, 0.3) is 11.7 Å². The summed E-state index contributed by atoms with van der Waals surface area (Å²) in [4.78, 5) is 103. The third-order valence-electron chi connectivity index (χ3n) is 15.8. The van der Waals surface area contributed by atoms with E-state index in [-0.39, 0.29) is 83.3 Å². The van der Waals surface area contributed by atoms with Gasteiger partial charge >= 0.3 is 11.8 Å². The fourth-order valence-electron chi connectivity index (χ4n) is 11.6. The molecule has 13 unspecified atom stereocenters. The number of nitrogens with zero attached hydrogens (tertiary/aromatic N) is 3. The van der Waals surface area contributed by atoms with Crippen LogP contribution in [-0.4, -0.2) is 148 Å². The highest BCUT2D eigenvalue weighted by Crippen LogP contribution is 2.53. The average Bonchev–Trinajstić information content (AvgIpc) is 4.08. The minimum Gasteiger partial charge on any atom is -0.507 e. The van der Waals surface area contributed by atoms with Crippen LogP contribution >= 0.6 is 0 Å². The lowest BCUT2D eigenvalue weighted by molar-refractivity contribution is -0.160. The number of hydrogen-bond donors (Lipinski definition) is 4. The highest BCUT2D eigenvalue weighted by atomic mass is 16.7. The lowest BCUT2D eigenvalue weighted by Crippen LogP contribution is -2.51. The van der Waals surface area contributed by atoms with Gasteiger partial charge in [-0.3, -0.25) is 43.4 Å². The lowest BCUT2D eigenvalue weighted by Gasteiger charge is -2.39. The van der Waals surface area contributed by atoms with E-state index in [2.05, 4.69) is 5.32 Å². The first-order chi connectivity index (χ1) is 33.1. The lowest BCUT2D eigenvalue weighted by atomic mass is 9.78. The maximum Gasteiger partial charge on any atom is 0.312 e. The summed E-state index contributed by atoms with van der Waals surface area (Å²) in [7, 11) is 1.42. The molecule has 376 valence electrons. The summed E-state index contributed by atoms with van der Waals surface area (Å²) >= 11 is 0. The molecule has 5 aliphatic heterocycles. The van der Waals surface area contributed by atoms with Gasteiger partial charge in [-0.25, -0.2) is 0 Å². The number of aliphatic hydroxyl groups is 2. The van der Waals surface area contributed by atoms with Gasteiger partial charge in [0.1, 0.15) is 29.0 Å². The number of aromatic hydroxyl groups is 1. The van der Waals surface area contributed by atoms with E-state index in [1.54, 1.807) is 44.7 Å². The number of phenols is 1. The number of allylic oxidation sites excluding steroid dienone is 6. The van der Waals surface area contributed by atoms with Crippen LogP contribution in [-0.2, 0) is 33.4 Å².